The first-order valence-corrected chi connectivity index (χ1v) is 8.53. The van der Waals surface area contributed by atoms with E-state index in [1.54, 1.807) is 18.6 Å². The van der Waals surface area contributed by atoms with E-state index < -0.39 is 0 Å². The van der Waals surface area contributed by atoms with Crippen LogP contribution in [0.4, 0.5) is 5.95 Å². The second-order valence-corrected chi connectivity index (χ2v) is 6.03. The van der Waals surface area contributed by atoms with E-state index in [1.807, 2.05) is 35.0 Å². The summed E-state index contributed by atoms with van der Waals surface area (Å²) in [7, 11) is 0. The average Bonchev–Trinajstić information content (AvgIpc) is 3.31. The molecule has 1 aromatic carbocycles. The number of H-pyrrole nitrogens is 1. The number of benzene rings is 1. The second kappa shape index (κ2) is 6.83. The molecule has 8 nitrogen and oxygen atoms in total. The fourth-order valence-corrected chi connectivity index (χ4v) is 2.77. The van der Waals surface area contributed by atoms with Gasteiger partial charge in [0.2, 0.25) is 5.95 Å². The molecule has 0 bridgehead atoms. The third-order valence-corrected chi connectivity index (χ3v) is 4.09. The molecule has 3 aromatic heterocycles. The molecule has 3 heterocycles. The Morgan fingerprint density at radius 2 is 2.04 bits per heavy atom. The molecule has 4 aromatic rings. The Morgan fingerprint density at radius 1 is 1.19 bits per heavy atom. The van der Waals surface area contributed by atoms with Crippen LogP contribution in [0, 0.1) is 0 Å². The Labute approximate surface area is 149 Å². The van der Waals surface area contributed by atoms with E-state index >= 15 is 0 Å². The van der Waals surface area contributed by atoms with Crippen LogP contribution in [-0.4, -0.2) is 29.1 Å². The molecule has 0 amide bonds. The van der Waals surface area contributed by atoms with Gasteiger partial charge in [-0.15, -0.1) is 0 Å². The van der Waals surface area contributed by atoms with Gasteiger partial charge in [0.05, 0.1) is 12.0 Å². The van der Waals surface area contributed by atoms with Crippen molar-refractivity contribution >= 4 is 11.7 Å². The fraction of sp³-hybridized carbons (Fsp3) is 0.222. The highest BCUT2D eigenvalue weighted by Crippen LogP contribution is 2.11. The van der Waals surface area contributed by atoms with Gasteiger partial charge in [0, 0.05) is 30.7 Å². The van der Waals surface area contributed by atoms with Gasteiger partial charge in [-0.05, 0) is 24.1 Å². The summed E-state index contributed by atoms with van der Waals surface area (Å²) in [5.41, 5.74) is 2.77. The van der Waals surface area contributed by atoms with Crippen LogP contribution in [0.3, 0.4) is 0 Å². The molecule has 0 saturated carbocycles. The summed E-state index contributed by atoms with van der Waals surface area (Å²) >= 11 is 0. The summed E-state index contributed by atoms with van der Waals surface area (Å²) in [4.78, 5) is 25.0. The number of fused-ring (bicyclic) bond motifs is 1. The van der Waals surface area contributed by atoms with Crippen LogP contribution in [0.25, 0.3) is 11.5 Å². The van der Waals surface area contributed by atoms with Crippen molar-refractivity contribution in [2.45, 2.75) is 26.3 Å². The summed E-state index contributed by atoms with van der Waals surface area (Å²) in [6.45, 7) is 2.64. The van der Waals surface area contributed by atoms with Gasteiger partial charge in [-0.2, -0.15) is 9.50 Å². The number of rotatable bonds is 6. The minimum Gasteiger partial charge on any atom is -0.351 e. The van der Waals surface area contributed by atoms with Crippen LogP contribution >= 0.6 is 0 Å². The monoisotopic (exact) mass is 349 g/mol. The zero-order chi connectivity index (χ0) is 17.9. The zero-order valence-electron chi connectivity index (χ0n) is 14.4. The lowest BCUT2D eigenvalue weighted by atomic mass is 10.2. The molecular formula is C18H19N7O. The van der Waals surface area contributed by atoms with Crippen molar-refractivity contribution in [3.05, 3.63) is 70.7 Å². The largest absolute Gasteiger partial charge is 0.351 e. The maximum Gasteiger partial charge on any atom is 0.274 e. The van der Waals surface area contributed by atoms with Gasteiger partial charge in [0.1, 0.15) is 0 Å². The quantitative estimate of drug-likeness (QED) is 0.556. The molecule has 0 unspecified atom stereocenters. The minimum atomic E-state index is -0.149. The lowest BCUT2D eigenvalue weighted by molar-refractivity contribution is 0.837. The van der Waals surface area contributed by atoms with Gasteiger partial charge >= 0.3 is 0 Å². The lowest BCUT2D eigenvalue weighted by Gasteiger charge is -2.05. The Kier molecular flexibility index (Phi) is 4.22. The molecule has 0 aliphatic heterocycles. The third kappa shape index (κ3) is 3.21. The van der Waals surface area contributed by atoms with Gasteiger partial charge in [0.25, 0.3) is 11.3 Å². The summed E-state index contributed by atoms with van der Waals surface area (Å²) in [5.74, 6) is 0.904. The summed E-state index contributed by atoms with van der Waals surface area (Å²) in [5, 5.41) is 6.14. The molecule has 0 aliphatic carbocycles. The highest BCUT2D eigenvalue weighted by molar-refractivity contribution is 5.39. The molecule has 8 heteroatoms. The van der Waals surface area contributed by atoms with Gasteiger partial charge < -0.3 is 9.88 Å². The topological polar surface area (TPSA) is 92.9 Å². The molecule has 0 fully saturated rings. The highest BCUT2D eigenvalue weighted by atomic mass is 16.1. The molecule has 0 saturated heterocycles. The first kappa shape index (κ1) is 16.1. The van der Waals surface area contributed by atoms with Crippen molar-refractivity contribution in [3.63, 3.8) is 0 Å². The van der Waals surface area contributed by atoms with Gasteiger partial charge in [0.15, 0.2) is 0 Å². The van der Waals surface area contributed by atoms with Crippen molar-refractivity contribution in [2.24, 2.45) is 0 Å². The first-order chi connectivity index (χ1) is 12.7. The Hall–Kier alpha value is -3.42. The number of nitrogens with one attached hydrogen (secondary N) is 2. The smallest absolute Gasteiger partial charge is 0.274 e. The number of aromatic nitrogens is 6. The highest BCUT2D eigenvalue weighted by Gasteiger charge is 2.07. The van der Waals surface area contributed by atoms with Crippen molar-refractivity contribution in [1.82, 2.24) is 29.1 Å². The minimum absolute atomic E-state index is 0.149. The van der Waals surface area contributed by atoms with E-state index in [2.05, 4.69) is 32.3 Å². The van der Waals surface area contributed by atoms with Crippen LogP contribution in [0.1, 0.15) is 24.6 Å². The van der Waals surface area contributed by atoms with Crippen molar-refractivity contribution < 1.29 is 0 Å². The number of anilines is 1. The summed E-state index contributed by atoms with van der Waals surface area (Å²) in [6, 6.07) is 9.68. The van der Waals surface area contributed by atoms with Crippen LogP contribution in [0.15, 0.2) is 53.8 Å². The molecular weight excluding hydrogens is 330 g/mol. The molecule has 0 radical (unpaired) electrons. The number of aryl methyl sites for hydroxylation is 1. The number of aromatic amines is 1. The average molecular weight is 349 g/mol. The van der Waals surface area contributed by atoms with Crippen LogP contribution in [0.2, 0.25) is 0 Å². The van der Waals surface area contributed by atoms with Gasteiger partial charge in [-0.3, -0.25) is 9.89 Å². The second-order valence-electron chi connectivity index (χ2n) is 6.03. The van der Waals surface area contributed by atoms with Crippen LogP contribution in [-0.2, 0) is 13.0 Å². The molecule has 2 N–H and O–H groups in total. The van der Waals surface area contributed by atoms with Crippen molar-refractivity contribution in [1.29, 1.82) is 0 Å². The maximum atomic E-state index is 12.1. The van der Waals surface area contributed by atoms with Crippen LogP contribution in [0.5, 0.6) is 0 Å². The zero-order valence-corrected chi connectivity index (χ0v) is 14.4. The van der Waals surface area contributed by atoms with Gasteiger partial charge in [-0.25, -0.2) is 9.97 Å². The summed E-state index contributed by atoms with van der Waals surface area (Å²) in [6.07, 6.45) is 7.12. The molecule has 26 heavy (non-hydrogen) atoms. The number of hydrogen-bond donors (Lipinski definition) is 2. The lowest BCUT2D eigenvalue weighted by Crippen LogP contribution is -2.15. The fourth-order valence-electron chi connectivity index (χ4n) is 2.77. The summed E-state index contributed by atoms with van der Waals surface area (Å²) < 4.78 is 3.30. The normalized spacial score (nSPS) is 11.1. The van der Waals surface area contributed by atoms with Crippen molar-refractivity contribution in [3.8, 4) is 5.69 Å². The van der Waals surface area contributed by atoms with E-state index in [-0.39, 0.29) is 5.56 Å². The Bertz CT molecular complexity index is 1060. The van der Waals surface area contributed by atoms with E-state index in [9.17, 15) is 4.79 Å². The van der Waals surface area contributed by atoms with E-state index in [4.69, 9.17) is 0 Å². The number of imidazole rings is 1. The molecule has 132 valence electrons. The molecule has 0 atom stereocenters. The molecule has 0 spiro atoms. The first-order valence-electron chi connectivity index (χ1n) is 8.53. The van der Waals surface area contributed by atoms with Gasteiger partial charge in [-0.1, -0.05) is 25.5 Å². The predicted octanol–water partition coefficient (Wildman–Crippen LogP) is 2.17. The van der Waals surface area contributed by atoms with E-state index in [0.717, 1.165) is 29.8 Å². The number of nitrogens with zero attached hydrogens (tertiary/aromatic N) is 5. The number of hydrogen-bond acceptors (Lipinski definition) is 5. The predicted molar refractivity (Wildman–Crippen MR) is 98.5 cm³/mol. The van der Waals surface area contributed by atoms with E-state index in [0.29, 0.717) is 18.3 Å². The SMILES string of the molecule is CCCc1cc(=O)n2[nH]c(NCc3ccc(-n4ccnc4)cc3)nc2n1. The van der Waals surface area contributed by atoms with E-state index in [1.165, 1.54) is 4.52 Å². The third-order valence-electron chi connectivity index (χ3n) is 4.09. The standard InChI is InChI=1S/C18H19N7O/c1-2-3-14-10-16(26)25-18(21-14)22-17(23-25)20-11-13-4-6-15(7-5-13)24-9-8-19-12-24/h4-10,12H,2-3,11H2,1H3,(H2,20,21,22,23). The van der Waals surface area contributed by atoms with Crippen LogP contribution < -0.4 is 10.9 Å². The molecule has 4 rings (SSSR count). The van der Waals surface area contributed by atoms with Crippen molar-refractivity contribution in [2.75, 3.05) is 5.32 Å². The maximum absolute atomic E-state index is 12.1. The molecule has 0 aliphatic rings. The Morgan fingerprint density at radius 3 is 2.77 bits per heavy atom. The Balaban J connectivity index is 1.49.